The van der Waals surface area contributed by atoms with Gasteiger partial charge in [0.1, 0.15) is 5.21 Å². The largest absolute Gasteiger partial charge is 0.691 e. The van der Waals surface area contributed by atoms with E-state index >= 15 is 0 Å². The molecule has 0 N–H and O–H groups in total. The second-order valence-corrected chi connectivity index (χ2v) is 5.67. The van der Waals surface area contributed by atoms with Gasteiger partial charge in [-0.15, -0.1) is 4.85 Å². The van der Waals surface area contributed by atoms with Crippen molar-refractivity contribution in [3.63, 3.8) is 0 Å². The number of halogens is 3. The summed E-state index contributed by atoms with van der Waals surface area (Å²) in [6, 6.07) is 2.97. The van der Waals surface area contributed by atoms with E-state index in [1.165, 1.54) is 4.68 Å². The van der Waals surface area contributed by atoms with Gasteiger partial charge in [0.2, 0.25) is 11.0 Å². The molecule has 2 heterocycles. The van der Waals surface area contributed by atoms with Gasteiger partial charge in [-0.05, 0) is 16.8 Å². The van der Waals surface area contributed by atoms with E-state index in [9.17, 15) is 18.4 Å². The molecule has 1 aromatic carbocycles. The molecule has 1 aliphatic heterocycles. The third-order valence-electron chi connectivity index (χ3n) is 3.79. The van der Waals surface area contributed by atoms with Crippen LogP contribution in [0.25, 0.3) is 11.0 Å². The van der Waals surface area contributed by atoms with Crippen LogP contribution in [0.2, 0.25) is 0 Å². The molecule has 0 radical (unpaired) electrons. The van der Waals surface area contributed by atoms with E-state index in [0.717, 1.165) is 18.2 Å². The average molecular weight is 344 g/mol. The summed E-state index contributed by atoms with van der Waals surface area (Å²) < 4.78 is 47.3. The maximum atomic E-state index is 13.0. The molecule has 2 aromatic rings. The van der Waals surface area contributed by atoms with Crippen LogP contribution in [-0.4, -0.2) is 65.7 Å². The predicted octanol–water partition coefficient (Wildman–Crippen LogP) is 0.497. The molecular formula is C14H17F3N5O2+. The zero-order chi connectivity index (χ0) is 17.5. The van der Waals surface area contributed by atoms with E-state index in [1.807, 2.05) is 4.90 Å². The van der Waals surface area contributed by atoms with Crippen LogP contribution in [0.15, 0.2) is 18.2 Å². The van der Waals surface area contributed by atoms with Crippen LogP contribution in [0.1, 0.15) is 5.56 Å². The average Bonchev–Trinajstić information content (AvgIpc) is 2.84. The molecule has 0 unspecified atom stereocenters. The maximum absolute atomic E-state index is 13.0. The maximum Gasteiger partial charge on any atom is 0.416 e. The SMILES string of the molecule is C[N+](C)=C(N1CCOCC1)n1n[n+]([O-])c2ccc(C(F)(F)F)cc21. The first-order chi connectivity index (χ1) is 11.3. The van der Waals surface area contributed by atoms with Crippen molar-refractivity contribution < 1.29 is 27.3 Å². The molecule has 3 rings (SSSR count). The van der Waals surface area contributed by atoms with Crippen LogP contribution < -0.4 is 4.85 Å². The van der Waals surface area contributed by atoms with Gasteiger partial charge >= 0.3 is 12.1 Å². The highest BCUT2D eigenvalue weighted by Gasteiger charge is 2.35. The van der Waals surface area contributed by atoms with Crippen LogP contribution in [0, 0.1) is 5.21 Å². The highest BCUT2D eigenvalue weighted by atomic mass is 19.4. The Morgan fingerprint density at radius 3 is 2.54 bits per heavy atom. The standard InChI is InChI=1S/C14H17F3N5O2/c1-19(2)13(20-5-7-24-8-6-20)21-12-9-10(14(15,16)17)3-4-11(12)22(23)18-21/h3-4,9H,5-8H2,1-2H3/q+1. The molecule has 0 aliphatic carbocycles. The lowest BCUT2D eigenvalue weighted by Gasteiger charge is -2.23. The zero-order valence-electron chi connectivity index (χ0n) is 13.2. The van der Waals surface area contributed by atoms with E-state index < -0.39 is 11.7 Å². The first-order valence-electron chi connectivity index (χ1n) is 7.36. The van der Waals surface area contributed by atoms with Crippen LogP contribution in [0.5, 0.6) is 0 Å². The Hall–Kier alpha value is -2.36. The summed E-state index contributed by atoms with van der Waals surface area (Å²) in [4.78, 5) is 2.26. The zero-order valence-corrected chi connectivity index (χ0v) is 13.2. The number of aromatic nitrogens is 3. The molecule has 1 saturated heterocycles. The van der Waals surface area contributed by atoms with Gasteiger partial charge in [-0.1, -0.05) is 0 Å². The molecule has 1 aromatic heterocycles. The van der Waals surface area contributed by atoms with Crippen LogP contribution in [-0.2, 0) is 10.9 Å². The Morgan fingerprint density at radius 2 is 1.96 bits per heavy atom. The second-order valence-electron chi connectivity index (χ2n) is 5.67. The number of fused-ring (bicyclic) bond motifs is 1. The van der Waals surface area contributed by atoms with Crippen molar-refractivity contribution in [3.05, 3.63) is 29.0 Å². The Bertz CT molecular complexity index is 790. The van der Waals surface area contributed by atoms with Crippen molar-refractivity contribution in [2.45, 2.75) is 6.18 Å². The lowest BCUT2D eigenvalue weighted by molar-refractivity contribution is -0.645. The number of morpholine rings is 1. The molecule has 0 amide bonds. The van der Waals surface area contributed by atoms with Crippen molar-refractivity contribution >= 4 is 17.0 Å². The van der Waals surface area contributed by atoms with Gasteiger partial charge in [-0.2, -0.15) is 13.2 Å². The lowest BCUT2D eigenvalue weighted by Crippen LogP contribution is -2.48. The predicted molar refractivity (Wildman–Crippen MR) is 78.6 cm³/mol. The van der Waals surface area contributed by atoms with Crippen molar-refractivity contribution in [2.24, 2.45) is 0 Å². The van der Waals surface area contributed by atoms with Crippen LogP contribution in [0.3, 0.4) is 0 Å². The summed E-state index contributed by atoms with van der Waals surface area (Å²) in [6.07, 6.45) is -4.49. The summed E-state index contributed by atoms with van der Waals surface area (Å²) in [7, 11) is 3.50. The Morgan fingerprint density at radius 1 is 1.29 bits per heavy atom. The number of hydrogen-bond acceptors (Lipinski definition) is 3. The van der Waals surface area contributed by atoms with Crippen molar-refractivity contribution in [1.29, 1.82) is 0 Å². The minimum absolute atomic E-state index is 0.0793. The number of benzene rings is 1. The number of ether oxygens (including phenoxy) is 1. The van der Waals surface area contributed by atoms with Crippen molar-refractivity contribution in [2.75, 3.05) is 40.4 Å². The molecule has 1 fully saturated rings. The minimum atomic E-state index is -4.49. The van der Waals surface area contributed by atoms with E-state index in [-0.39, 0.29) is 11.0 Å². The van der Waals surface area contributed by atoms with Gasteiger partial charge in [-0.3, -0.25) is 9.48 Å². The quantitative estimate of drug-likeness (QED) is 0.302. The van der Waals surface area contributed by atoms with Gasteiger partial charge in [0.15, 0.2) is 0 Å². The Balaban J connectivity index is 2.18. The molecule has 130 valence electrons. The first kappa shape index (κ1) is 16.5. The van der Waals surface area contributed by atoms with Gasteiger partial charge in [-0.25, -0.2) is 0 Å². The van der Waals surface area contributed by atoms with E-state index in [4.69, 9.17) is 4.74 Å². The monoisotopic (exact) mass is 344 g/mol. The summed E-state index contributed by atoms with van der Waals surface area (Å²) in [5, 5.41) is 15.9. The number of nitrogens with zero attached hydrogens (tertiary/aromatic N) is 5. The molecule has 24 heavy (non-hydrogen) atoms. The summed E-state index contributed by atoms with van der Waals surface area (Å²) in [6.45, 7) is 2.13. The molecule has 10 heteroatoms. The number of hydrogen-bond donors (Lipinski definition) is 0. The second kappa shape index (κ2) is 5.93. The highest BCUT2D eigenvalue weighted by Crippen LogP contribution is 2.30. The summed E-state index contributed by atoms with van der Waals surface area (Å²) in [5.74, 6) is 0.525. The van der Waals surface area contributed by atoms with Gasteiger partial charge in [0.05, 0.1) is 46.0 Å². The molecule has 0 bridgehead atoms. The lowest BCUT2D eigenvalue weighted by atomic mass is 10.2. The van der Waals surface area contributed by atoms with E-state index in [0.29, 0.717) is 37.1 Å². The summed E-state index contributed by atoms with van der Waals surface area (Å²) in [5.41, 5.74) is -0.637. The molecule has 0 saturated carbocycles. The molecule has 0 atom stereocenters. The van der Waals surface area contributed by atoms with Gasteiger partial charge < -0.3 is 9.94 Å². The number of alkyl halides is 3. The fourth-order valence-electron chi connectivity index (χ4n) is 2.73. The summed E-state index contributed by atoms with van der Waals surface area (Å²) >= 11 is 0. The van der Waals surface area contributed by atoms with Crippen molar-refractivity contribution in [1.82, 2.24) is 14.8 Å². The minimum Gasteiger partial charge on any atom is -0.691 e. The fraction of sp³-hybridized carbons (Fsp3) is 0.500. The Labute approximate surface area is 135 Å². The van der Waals surface area contributed by atoms with Crippen molar-refractivity contribution in [3.8, 4) is 0 Å². The third kappa shape index (κ3) is 2.88. The smallest absolute Gasteiger partial charge is 0.416 e. The highest BCUT2D eigenvalue weighted by molar-refractivity contribution is 5.87. The normalized spacial score (nSPS) is 15.8. The molecular weight excluding hydrogens is 327 g/mol. The molecule has 7 nitrogen and oxygen atoms in total. The van der Waals surface area contributed by atoms with E-state index in [2.05, 4.69) is 5.21 Å². The fourth-order valence-corrected chi connectivity index (χ4v) is 2.73. The first-order valence-corrected chi connectivity index (χ1v) is 7.36. The number of rotatable bonds is 0. The Kier molecular flexibility index (Phi) is 4.08. The van der Waals surface area contributed by atoms with Gasteiger partial charge in [0, 0.05) is 6.07 Å². The third-order valence-corrected chi connectivity index (χ3v) is 3.79. The topological polar surface area (TPSA) is 60.2 Å². The van der Waals surface area contributed by atoms with E-state index in [1.54, 1.807) is 18.7 Å². The van der Waals surface area contributed by atoms with Crippen LogP contribution in [0.4, 0.5) is 13.2 Å². The van der Waals surface area contributed by atoms with Crippen LogP contribution >= 0.6 is 0 Å². The molecule has 0 spiro atoms. The molecule has 1 aliphatic rings. The van der Waals surface area contributed by atoms with Gasteiger partial charge in [0.25, 0.3) is 0 Å².